The second-order valence-corrected chi connectivity index (χ2v) is 8.00. The molecular weight excluding hydrogens is 533 g/mol. The van der Waals surface area contributed by atoms with Crippen LogP contribution in [0.4, 0.5) is 0 Å². The van der Waals surface area contributed by atoms with Crippen LogP contribution in [0.3, 0.4) is 0 Å². The number of pyridine rings is 1. The molecule has 0 atom stereocenters. The first-order chi connectivity index (χ1) is 15.6. The van der Waals surface area contributed by atoms with E-state index < -0.39 is 0 Å². The molecule has 1 amide bonds. The van der Waals surface area contributed by atoms with Crippen molar-refractivity contribution in [3.63, 3.8) is 0 Å². The van der Waals surface area contributed by atoms with Crippen molar-refractivity contribution < 1.29 is 9.32 Å². The maximum atomic E-state index is 12.6. The highest BCUT2D eigenvalue weighted by molar-refractivity contribution is 14.0. The van der Waals surface area contributed by atoms with E-state index in [0.29, 0.717) is 42.3 Å². The number of hydrogen-bond donors (Lipinski definition) is 2. The number of carbonyl (C=O) groups is 1. The summed E-state index contributed by atoms with van der Waals surface area (Å²) >= 11 is 0. The fourth-order valence-corrected chi connectivity index (χ4v) is 3.87. The molecule has 1 aliphatic rings. The summed E-state index contributed by atoms with van der Waals surface area (Å²) in [4.78, 5) is 27.9. The van der Waals surface area contributed by atoms with E-state index in [4.69, 9.17) is 4.52 Å². The van der Waals surface area contributed by atoms with Crippen molar-refractivity contribution in [1.82, 2.24) is 30.7 Å². The van der Waals surface area contributed by atoms with E-state index in [1.165, 1.54) is 0 Å². The van der Waals surface area contributed by atoms with Crippen LogP contribution in [-0.4, -0.2) is 64.1 Å². The average Bonchev–Trinajstić information content (AvgIpc) is 3.30. The first-order valence-corrected chi connectivity index (χ1v) is 11.7. The van der Waals surface area contributed by atoms with Crippen molar-refractivity contribution in [2.24, 2.45) is 10.9 Å². The summed E-state index contributed by atoms with van der Waals surface area (Å²) in [6.07, 6.45) is 5.95. The summed E-state index contributed by atoms with van der Waals surface area (Å²) in [6, 6.07) is 5.88. The molecule has 0 aliphatic carbocycles. The lowest BCUT2D eigenvalue weighted by Crippen LogP contribution is -2.50. The molecular formula is C23H36IN7O2. The van der Waals surface area contributed by atoms with Gasteiger partial charge in [-0.3, -0.25) is 14.8 Å². The van der Waals surface area contributed by atoms with Gasteiger partial charge in [0.05, 0.1) is 0 Å². The summed E-state index contributed by atoms with van der Waals surface area (Å²) < 4.78 is 5.30. The zero-order chi connectivity index (χ0) is 22.8. The number of likely N-dealkylation sites (tertiary alicyclic amines) is 1. The highest BCUT2D eigenvalue weighted by atomic mass is 127. The third kappa shape index (κ3) is 7.94. The monoisotopic (exact) mass is 569 g/mol. The van der Waals surface area contributed by atoms with Crippen LogP contribution in [-0.2, 0) is 11.2 Å². The van der Waals surface area contributed by atoms with Crippen molar-refractivity contribution in [3.05, 3.63) is 30.2 Å². The SMILES string of the molecule is CCNC(=NCCc1noc(-c2ccccn2)n1)NC1CCN(C(=O)C(CC)CC)CC1.I. The lowest BCUT2D eigenvalue weighted by atomic mass is 9.98. The molecule has 0 saturated carbocycles. The minimum absolute atomic E-state index is 0. The van der Waals surface area contributed by atoms with E-state index in [0.717, 1.165) is 51.3 Å². The summed E-state index contributed by atoms with van der Waals surface area (Å²) in [5.74, 6) is 2.27. The van der Waals surface area contributed by atoms with Crippen LogP contribution < -0.4 is 10.6 Å². The molecule has 9 nitrogen and oxygen atoms in total. The molecule has 3 heterocycles. The van der Waals surface area contributed by atoms with E-state index >= 15 is 0 Å². The van der Waals surface area contributed by atoms with Gasteiger partial charge in [0.15, 0.2) is 11.8 Å². The summed E-state index contributed by atoms with van der Waals surface area (Å²) in [6.45, 7) is 9.15. The average molecular weight is 569 g/mol. The number of nitrogens with zero attached hydrogens (tertiary/aromatic N) is 5. The van der Waals surface area contributed by atoms with Gasteiger partial charge >= 0.3 is 0 Å². The van der Waals surface area contributed by atoms with Gasteiger partial charge in [0.25, 0.3) is 5.89 Å². The Morgan fingerprint density at radius 2 is 2.00 bits per heavy atom. The predicted molar refractivity (Wildman–Crippen MR) is 139 cm³/mol. The number of guanidine groups is 1. The summed E-state index contributed by atoms with van der Waals surface area (Å²) in [5, 5.41) is 10.8. The van der Waals surface area contributed by atoms with Crippen LogP contribution in [0, 0.1) is 5.92 Å². The molecule has 0 aromatic carbocycles. The fraction of sp³-hybridized carbons (Fsp3) is 0.609. The maximum Gasteiger partial charge on any atom is 0.276 e. The molecule has 2 N–H and O–H groups in total. The summed E-state index contributed by atoms with van der Waals surface area (Å²) in [7, 11) is 0. The van der Waals surface area contributed by atoms with Gasteiger partial charge in [-0.25, -0.2) is 0 Å². The van der Waals surface area contributed by atoms with E-state index in [-0.39, 0.29) is 29.9 Å². The minimum Gasteiger partial charge on any atom is -0.357 e. The number of carbonyl (C=O) groups excluding carboxylic acids is 1. The third-order valence-electron chi connectivity index (χ3n) is 5.78. The number of piperidine rings is 1. The number of hydrogen-bond acceptors (Lipinski definition) is 6. The Bertz CT molecular complexity index is 863. The number of rotatable bonds is 9. The van der Waals surface area contributed by atoms with Gasteiger partial charge in [-0.1, -0.05) is 25.1 Å². The number of halogens is 1. The lowest BCUT2D eigenvalue weighted by molar-refractivity contribution is -0.136. The lowest BCUT2D eigenvalue weighted by Gasteiger charge is -2.34. The van der Waals surface area contributed by atoms with E-state index in [1.807, 2.05) is 30.0 Å². The Morgan fingerprint density at radius 1 is 1.24 bits per heavy atom. The standard InChI is InChI=1S/C23H35N7O2.HI/c1-4-17(5-2)22(31)30-15-11-18(12-16-30)27-23(24-6-3)26-14-10-20-28-21(32-29-20)19-9-7-8-13-25-19;/h7-9,13,17-18H,4-6,10-12,14-16H2,1-3H3,(H2,24,26,27);1H. The van der Waals surface area contributed by atoms with Gasteiger partial charge in [-0.2, -0.15) is 4.98 Å². The Labute approximate surface area is 213 Å². The maximum absolute atomic E-state index is 12.6. The molecule has 1 saturated heterocycles. The highest BCUT2D eigenvalue weighted by Gasteiger charge is 2.26. The number of amides is 1. The van der Waals surface area contributed by atoms with Gasteiger partial charge in [-0.05, 0) is 44.7 Å². The minimum atomic E-state index is 0. The van der Waals surface area contributed by atoms with E-state index in [2.05, 4.69) is 44.6 Å². The molecule has 0 unspecified atom stereocenters. The van der Waals surface area contributed by atoms with Crippen LogP contribution in [0.15, 0.2) is 33.9 Å². The van der Waals surface area contributed by atoms with Crippen LogP contribution in [0.1, 0.15) is 52.3 Å². The molecule has 10 heteroatoms. The van der Waals surface area contributed by atoms with Crippen molar-refractivity contribution in [3.8, 4) is 11.6 Å². The Balaban J connectivity index is 0.00000385. The van der Waals surface area contributed by atoms with Crippen molar-refractivity contribution in [1.29, 1.82) is 0 Å². The van der Waals surface area contributed by atoms with Gasteiger partial charge in [0.2, 0.25) is 5.91 Å². The fourth-order valence-electron chi connectivity index (χ4n) is 3.87. The summed E-state index contributed by atoms with van der Waals surface area (Å²) in [5.41, 5.74) is 0.666. The quantitative estimate of drug-likeness (QED) is 0.271. The van der Waals surface area contributed by atoms with Crippen LogP contribution in [0.25, 0.3) is 11.6 Å². The molecule has 2 aromatic heterocycles. The molecule has 1 fully saturated rings. The highest BCUT2D eigenvalue weighted by Crippen LogP contribution is 2.17. The van der Waals surface area contributed by atoms with Crippen LogP contribution in [0.5, 0.6) is 0 Å². The Morgan fingerprint density at radius 3 is 2.64 bits per heavy atom. The molecule has 0 spiro atoms. The molecule has 182 valence electrons. The predicted octanol–water partition coefficient (Wildman–Crippen LogP) is 3.27. The van der Waals surface area contributed by atoms with Gasteiger partial charge in [0.1, 0.15) is 5.69 Å². The first-order valence-electron chi connectivity index (χ1n) is 11.7. The smallest absolute Gasteiger partial charge is 0.276 e. The largest absolute Gasteiger partial charge is 0.357 e. The van der Waals surface area contributed by atoms with E-state index in [9.17, 15) is 4.79 Å². The Kier molecular flexibility index (Phi) is 11.6. The molecule has 1 aliphatic heterocycles. The number of aliphatic imine (C=N–C) groups is 1. The van der Waals surface area contributed by atoms with E-state index in [1.54, 1.807) is 6.20 Å². The molecule has 2 aromatic rings. The topological polar surface area (TPSA) is 109 Å². The first kappa shape index (κ1) is 27.0. The van der Waals surface area contributed by atoms with Gasteiger partial charge in [0, 0.05) is 50.8 Å². The van der Waals surface area contributed by atoms with Crippen LogP contribution >= 0.6 is 24.0 Å². The Hall–Kier alpha value is -2.24. The third-order valence-corrected chi connectivity index (χ3v) is 5.78. The van der Waals surface area contributed by atoms with Crippen molar-refractivity contribution >= 4 is 35.8 Å². The molecule has 0 radical (unpaired) electrons. The second-order valence-electron chi connectivity index (χ2n) is 8.00. The molecule has 33 heavy (non-hydrogen) atoms. The second kappa shape index (κ2) is 14.1. The number of aromatic nitrogens is 3. The van der Waals surface area contributed by atoms with Crippen molar-refractivity contribution in [2.45, 2.75) is 58.9 Å². The molecule has 0 bridgehead atoms. The van der Waals surface area contributed by atoms with Gasteiger partial charge < -0.3 is 20.1 Å². The zero-order valence-corrected chi connectivity index (χ0v) is 22.1. The van der Waals surface area contributed by atoms with Gasteiger partial charge in [-0.15, -0.1) is 24.0 Å². The molecule has 3 rings (SSSR count). The number of nitrogens with one attached hydrogen (secondary N) is 2. The zero-order valence-electron chi connectivity index (χ0n) is 19.8. The van der Waals surface area contributed by atoms with Crippen molar-refractivity contribution in [2.75, 3.05) is 26.2 Å². The van der Waals surface area contributed by atoms with Crippen LogP contribution in [0.2, 0.25) is 0 Å². The normalized spacial score (nSPS) is 14.8.